The highest BCUT2D eigenvalue weighted by Crippen LogP contribution is 2.15. The van der Waals surface area contributed by atoms with E-state index in [2.05, 4.69) is 38.0 Å². The molecule has 0 saturated carbocycles. The molecule has 1 nitrogen and oxygen atoms in total. The van der Waals surface area contributed by atoms with Gasteiger partial charge in [-0.1, -0.05) is 27.2 Å². The van der Waals surface area contributed by atoms with Crippen LogP contribution < -0.4 is 0 Å². The second kappa shape index (κ2) is 3.61. The molecule has 0 atom stereocenters. The zero-order valence-electron chi connectivity index (χ0n) is 7.65. The summed E-state index contributed by atoms with van der Waals surface area (Å²) in [6.07, 6.45) is 4.51. The van der Waals surface area contributed by atoms with Crippen LogP contribution in [0.2, 0.25) is 0 Å². The lowest BCUT2D eigenvalue weighted by Gasteiger charge is -1.97. The first-order chi connectivity index (χ1) is 5.24. The van der Waals surface area contributed by atoms with Crippen LogP contribution in [0.4, 0.5) is 0 Å². The Kier molecular flexibility index (Phi) is 2.75. The maximum absolute atomic E-state index is 3.29. The zero-order chi connectivity index (χ0) is 8.27. The van der Waals surface area contributed by atoms with Gasteiger partial charge in [-0.15, -0.1) is 0 Å². The van der Waals surface area contributed by atoms with Gasteiger partial charge in [0.25, 0.3) is 0 Å². The van der Waals surface area contributed by atoms with Crippen molar-refractivity contribution in [2.24, 2.45) is 0 Å². The lowest BCUT2D eigenvalue weighted by atomic mass is 10.1. The maximum atomic E-state index is 3.29. The number of hydrogen-bond donors (Lipinski definition) is 1. The lowest BCUT2D eigenvalue weighted by Crippen LogP contribution is -1.82. The van der Waals surface area contributed by atoms with Crippen LogP contribution in [-0.2, 0) is 6.42 Å². The monoisotopic (exact) mass is 151 g/mol. The summed E-state index contributed by atoms with van der Waals surface area (Å²) in [5.41, 5.74) is 2.80. The van der Waals surface area contributed by atoms with E-state index in [0.29, 0.717) is 5.92 Å². The molecule has 11 heavy (non-hydrogen) atoms. The van der Waals surface area contributed by atoms with E-state index in [0.717, 1.165) is 0 Å². The van der Waals surface area contributed by atoms with Gasteiger partial charge in [0.15, 0.2) is 0 Å². The van der Waals surface area contributed by atoms with Crippen molar-refractivity contribution in [3.63, 3.8) is 0 Å². The second-order valence-corrected chi connectivity index (χ2v) is 3.36. The summed E-state index contributed by atoms with van der Waals surface area (Å²) in [5, 5.41) is 0. The average molecular weight is 151 g/mol. The molecule has 0 aliphatic heterocycles. The van der Waals surface area contributed by atoms with Crippen LogP contribution >= 0.6 is 0 Å². The van der Waals surface area contributed by atoms with E-state index >= 15 is 0 Å². The van der Waals surface area contributed by atoms with Crippen LogP contribution in [-0.4, -0.2) is 4.98 Å². The molecule has 0 aromatic carbocycles. The molecular weight excluding hydrogens is 134 g/mol. The molecule has 62 valence electrons. The van der Waals surface area contributed by atoms with Crippen molar-refractivity contribution in [1.29, 1.82) is 0 Å². The maximum Gasteiger partial charge on any atom is 0.0149 e. The van der Waals surface area contributed by atoms with E-state index < -0.39 is 0 Å². The Morgan fingerprint density at radius 1 is 1.45 bits per heavy atom. The molecule has 0 aliphatic rings. The summed E-state index contributed by atoms with van der Waals surface area (Å²) in [6.45, 7) is 6.65. The SMILES string of the molecule is CCCc1cc(C(C)C)c[nH]1. The number of rotatable bonds is 3. The highest BCUT2D eigenvalue weighted by Gasteiger charge is 2.01. The van der Waals surface area contributed by atoms with Gasteiger partial charge in [0.1, 0.15) is 0 Å². The average Bonchev–Trinajstić information content (AvgIpc) is 2.37. The van der Waals surface area contributed by atoms with E-state index in [-0.39, 0.29) is 0 Å². The van der Waals surface area contributed by atoms with E-state index in [1.165, 1.54) is 24.1 Å². The molecule has 0 unspecified atom stereocenters. The van der Waals surface area contributed by atoms with Crippen molar-refractivity contribution in [3.8, 4) is 0 Å². The molecule has 1 N–H and O–H groups in total. The summed E-state index contributed by atoms with van der Waals surface area (Å²) in [7, 11) is 0. The van der Waals surface area contributed by atoms with Gasteiger partial charge in [-0.25, -0.2) is 0 Å². The normalized spacial score (nSPS) is 10.9. The van der Waals surface area contributed by atoms with Crippen molar-refractivity contribution in [2.45, 2.75) is 39.5 Å². The number of H-pyrrole nitrogens is 1. The van der Waals surface area contributed by atoms with E-state index in [1.54, 1.807) is 0 Å². The van der Waals surface area contributed by atoms with E-state index in [4.69, 9.17) is 0 Å². The van der Waals surface area contributed by atoms with Gasteiger partial charge >= 0.3 is 0 Å². The largest absolute Gasteiger partial charge is 0.365 e. The van der Waals surface area contributed by atoms with Crippen LogP contribution in [0, 0.1) is 0 Å². The van der Waals surface area contributed by atoms with Gasteiger partial charge in [0, 0.05) is 11.9 Å². The van der Waals surface area contributed by atoms with Crippen LogP contribution in [0.3, 0.4) is 0 Å². The third kappa shape index (κ3) is 2.11. The minimum Gasteiger partial charge on any atom is -0.365 e. The van der Waals surface area contributed by atoms with Crippen LogP contribution in [0.5, 0.6) is 0 Å². The Bertz CT molecular complexity index is 210. The van der Waals surface area contributed by atoms with Crippen molar-refractivity contribution in [2.75, 3.05) is 0 Å². The van der Waals surface area contributed by atoms with Gasteiger partial charge in [-0.05, 0) is 24.0 Å². The molecule has 0 aliphatic carbocycles. The molecule has 0 radical (unpaired) electrons. The summed E-state index contributed by atoms with van der Waals surface area (Å²) in [4.78, 5) is 3.29. The fourth-order valence-electron chi connectivity index (χ4n) is 1.21. The first-order valence-electron chi connectivity index (χ1n) is 4.41. The van der Waals surface area contributed by atoms with E-state index in [1.807, 2.05) is 0 Å². The molecule has 0 saturated heterocycles. The fraction of sp³-hybridized carbons (Fsp3) is 0.600. The molecule has 1 aromatic rings. The molecule has 1 heterocycles. The highest BCUT2D eigenvalue weighted by atomic mass is 14.7. The number of nitrogens with one attached hydrogen (secondary N) is 1. The molecule has 1 heteroatoms. The zero-order valence-corrected chi connectivity index (χ0v) is 7.65. The first kappa shape index (κ1) is 8.38. The molecule has 0 fully saturated rings. The van der Waals surface area contributed by atoms with Crippen LogP contribution in [0.15, 0.2) is 12.3 Å². The number of hydrogen-bond acceptors (Lipinski definition) is 0. The van der Waals surface area contributed by atoms with Crippen LogP contribution in [0.25, 0.3) is 0 Å². The molecule has 0 spiro atoms. The molecular formula is C10H17N. The Balaban J connectivity index is 2.66. The van der Waals surface area contributed by atoms with Gasteiger partial charge < -0.3 is 4.98 Å². The van der Waals surface area contributed by atoms with Gasteiger partial charge in [0.2, 0.25) is 0 Å². The van der Waals surface area contributed by atoms with E-state index in [9.17, 15) is 0 Å². The Hall–Kier alpha value is -0.720. The first-order valence-corrected chi connectivity index (χ1v) is 4.41. The fourth-order valence-corrected chi connectivity index (χ4v) is 1.21. The van der Waals surface area contributed by atoms with Crippen molar-refractivity contribution in [1.82, 2.24) is 4.98 Å². The summed E-state index contributed by atoms with van der Waals surface area (Å²) >= 11 is 0. The predicted octanol–water partition coefficient (Wildman–Crippen LogP) is 3.09. The second-order valence-electron chi connectivity index (χ2n) is 3.36. The topological polar surface area (TPSA) is 15.8 Å². The summed E-state index contributed by atoms with van der Waals surface area (Å²) in [5.74, 6) is 0.650. The number of aromatic nitrogens is 1. The minimum absolute atomic E-state index is 0.650. The standard InChI is InChI=1S/C10H17N/c1-4-5-10-6-9(7-11-10)8(2)3/h6-8,11H,4-5H2,1-3H3. The quantitative estimate of drug-likeness (QED) is 0.683. The summed E-state index contributed by atoms with van der Waals surface area (Å²) in [6, 6.07) is 2.27. The van der Waals surface area contributed by atoms with Crippen molar-refractivity contribution < 1.29 is 0 Å². The third-order valence-electron chi connectivity index (χ3n) is 1.95. The number of aryl methyl sites for hydroxylation is 1. The van der Waals surface area contributed by atoms with Crippen molar-refractivity contribution >= 4 is 0 Å². The Morgan fingerprint density at radius 2 is 2.18 bits per heavy atom. The van der Waals surface area contributed by atoms with Gasteiger partial charge in [-0.2, -0.15) is 0 Å². The molecule has 0 bridgehead atoms. The minimum atomic E-state index is 0.650. The molecule has 1 aromatic heterocycles. The highest BCUT2D eigenvalue weighted by molar-refractivity contribution is 5.19. The Morgan fingerprint density at radius 3 is 2.64 bits per heavy atom. The van der Waals surface area contributed by atoms with Crippen LogP contribution in [0.1, 0.15) is 44.4 Å². The molecule has 1 rings (SSSR count). The molecule has 0 amide bonds. The summed E-state index contributed by atoms with van der Waals surface area (Å²) < 4.78 is 0. The Labute approximate surface area is 68.8 Å². The smallest absolute Gasteiger partial charge is 0.0149 e. The number of aromatic amines is 1. The van der Waals surface area contributed by atoms with Crippen molar-refractivity contribution in [3.05, 3.63) is 23.5 Å². The van der Waals surface area contributed by atoms with Gasteiger partial charge in [0.05, 0.1) is 0 Å². The van der Waals surface area contributed by atoms with Gasteiger partial charge in [-0.3, -0.25) is 0 Å². The third-order valence-corrected chi connectivity index (χ3v) is 1.95. The lowest BCUT2D eigenvalue weighted by molar-refractivity contribution is 0.866. The predicted molar refractivity (Wildman–Crippen MR) is 48.9 cm³/mol.